The Bertz CT molecular complexity index is 237. The Morgan fingerprint density at radius 1 is 1.40 bits per heavy atom. The summed E-state index contributed by atoms with van der Waals surface area (Å²) in [6.07, 6.45) is 10.4. The maximum atomic E-state index is 6.34. The molecule has 3 atom stereocenters. The Hall–Kier alpha value is -0.340. The van der Waals surface area contributed by atoms with Crippen molar-refractivity contribution in [2.45, 2.75) is 57.6 Å². The fraction of sp³-hybridized carbons (Fsp3) is 0.846. The predicted octanol–water partition coefficient (Wildman–Crippen LogP) is 2.63. The van der Waals surface area contributed by atoms with E-state index in [9.17, 15) is 0 Å². The molecule has 1 saturated heterocycles. The topological polar surface area (TPSA) is 35.2 Å². The van der Waals surface area contributed by atoms with Crippen LogP contribution in [0.3, 0.4) is 0 Å². The Morgan fingerprint density at radius 3 is 3.00 bits per heavy atom. The summed E-state index contributed by atoms with van der Waals surface area (Å²) in [6.45, 7) is 3.01. The molecule has 2 rings (SSSR count). The molecule has 3 unspecified atom stereocenters. The Kier molecular flexibility index (Phi) is 3.81. The van der Waals surface area contributed by atoms with E-state index >= 15 is 0 Å². The van der Waals surface area contributed by atoms with Gasteiger partial charge in [0.05, 0.1) is 12.7 Å². The van der Waals surface area contributed by atoms with Crippen LogP contribution in [0.15, 0.2) is 11.6 Å². The van der Waals surface area contributed by atoms with Crippen LogP contribution in [-0.4, -0.2) is 18.8 Å². The van der Waals surface area contributed by atoms with Crippen molar-refractivity contribution in [3.8, 4) is 0 Å². The number of hydrogen-bond donors (Lipinski definition) is 1. The van der Waals surface area contributed by atoms with E-state index in [1.165, 1.54) is 37.7 Å². The van der Waals surface area contributed by atoms with Crippen LogP contribution in [0.25, 0.3) is 0 Å². The molecule has 86 valence electrons. The molecule has 1 aliphatic carbocycles. The van der Waals surface area contributed by atoms with Crippen LogP contribution in [0.2, 0.25) is 0 Å². The van der Waals surface area contributed by atoms with Gasteiger partial charge in [-0.15, -0.1) is 0 Å². The Labute approximate surface area is 92.9 Å². The molecule has 0 aromatic carbocycles. The second kappa shape index (κ2) is 5.13. The van der Waals surface area contributed by atoms with E-state index < -0.39 is 0 Å². The summed E-state index contributed by atoms with van der Waals surface area (Å²) in [7, 11) is 0. The fourth-order valence-corrected chi connectivity index (χ4v) is 2.75. The van der Waals surface area contributed by atoms with Gasteiger partial charge in [0.1, 0.15) is 0 Å². The first-order valence-corrected chi connectivity index (χ1v) is 6.33. The van der Waals surface area contributed by atoms with E-state index in [2.05, 4.69) is 13.0 Å². The summed E-state index contributed by atoms with van der Waals surface area (Å²) in [5, 5.41) is 0. The van der Waals surface area contributed by atoms with E-state index in [1.807, 2.05) is 0 Å². The molecule has 0 radical (unpaired) electrons. The van der Waals surface area contributed by atoms with Gasteiger partial charge in [-0.3, -0.25) is 0 Å². The third kappa shape index (κ3) is 2.82. The van der Waals surface area contributed by atoms with Crippen molar-refractivity contribution in [2.75, 3.05) is 6.61 Å². The van der Waals surface area contributed by atoms with Gasteiger partial charge in [0.15, 0.2) is 0 Å². The van der Waals surface area contributed by atoms with Gasteiger partial charge in [0.2, 0.25) is 0 Å². The monoisotopic (exact) mass is 209 g/mol. The molecule has 0 aromatic heterocycles. The lowest BCUT2D eigenvalue weighted by Gasteiger charge is -2.20. The fourth-order valence-electron chi connectivity index (χ4n) is 2.75. The minimum absolute atomic E-state index is 0.257. The van der Waals surface area contributed by atoms with Crippen molar-refractivity contribution in [3.05, 3.63) is 11.6 Å². The van der Waals surface area contributed by atoms with Gasteiger partial charge < -0.3 is 10.5 Å². The van der Waals surface area contributed by atoms with Crippen molar-refractivity contribution in [1.82, 2.24) is 0 Å². The molecule has 0 spiro atoms. The third-order valence-corrected chi connectivity index (χ3v) is 3.74. The van der Waals surface area contributed by atoms with Gasteiger partial charge in [-0.1, -0.05) is 18.1 Å². The Morgan fingerprint density at radius 2 is 2.27 bits per heavy atom. The molecule has 1 heterocycles. The van der Waals surface area contributed by atoms with Gasteiger partial charge in [-0.05, 0) is 39.0 Å². The van der Waals surface area contributed by atoms with Crippen LogP contribution in [0.4, 0.5) is 0 Å². The van der Waals surface area contributed by atoms with Crippen molar-refractivity contribution in [1.29, 1.82) is 0 Å². The number of ether oxygens (including phenoxy) is 1. The average molecular weight is 209 g/mol. The summed E-state index contributed by atoms with van der Waals surface area (Å²) in [5.74, 6) is 0.560. The summed E-state index contributed by atoms with van der Waals surface area (Å²) >= 11 is 0. The molecule has 0 bridgehead atoms. The molecule has 2 N–H and O–H groups in total. The average Bonchev–Trinajstić information content (AvgIpc) is 2.53. The lowest BCUT2D eigenvalue weighted by molar-refractivity contribution is 0.119. The minimum Gasteiger partial charge on any atom is -0.378 e. The SMILES string of the molecule is CC1CC(C(N)C2=CCCCCC2)CO1. The summed E-state index contributed by atoms with van der Waals surface area (Å²) in [5.41, 5.74) is 7.83. The lowest BCUT2D eigenvalue weighted by atomic mass is 9.89. The maximum Gasteiger partial charge on any atom is 0.0551 e. The number of allylic oxidation sites excluding steroid dienone is 1. The highest BCUT2D eigenvalue weighted by molar-refractivity contribution is 5.13. The molecule has 0 saturated carbocycles. The second-order valence-electron chi connectivity index (χ2n) is 5.04. The van der Waals surface area contributed by atoms with E-state index in [4.69, 9.17) is 10.5 Å². The maximum absolute atomic E-state index is 6.34. The van der Waals surface area contributed by atoms with Crippen molar-refractivity contribution < 1.29 is 4.74 Å². The first-order chi connectivity index (χ1) is 7.27. The molecular formula is C13H23NO. The molecule has 15 heavy (non-hydrogen) atoms. The van der Waals surface area contributed by atoms with Crippen LogP contribution in [0.5, 0.6) is 0 Å². The smallest absolute Gasteiger partial charge is 0.0551 e. The molecule has 0 amide bonds. The van der Waals surface area contributed by atoms with Crippen LogP contribution in [-0.2, 0) is 4.74 Å². The van der Waals surface area contributed by atoms with Crippen molar-refractivity contribution >= 4 is 0 Å². The van der Waals surface area contributed by atoms with Crippen LogP contribution in [0.1, 0.15) is 45.4 Å². The molecule has 0 aromatic rings. The third-order valence-electron chi connectivity index (χ3n) is 3.74. The number of rotatable bonds is 2. The van der Waals surface area contributed by atoms with Crippen LogP contribution in [0, 0.1) is 5.92 Å². The molecule has 2 nitrogen and oxygen atoms in total. The van der Waals surface area contributed by atoms with Gasteiger partial charge in [-0.25, -0.2) is 0 Å². The molecule has 2 heteroatoms. The molecule has 2 aliphatic rings. The van der Waals surface area contributed by atoms with Crippen LogP contribution >= 0.6 is 0 Å². The van der Waals surface area contributed by atoms with Gasteiger partial charge in [-0.2, -0.15) is 0 Å². The Balaban J connectivity index is 1.93. The lowest BCUT2D eigenvalue weighted by Crippen LogP contribution is -2.32. The van der Waals surface area contributed by atoms with Crippen molar-refractivity contribution in [2.24, 2.45) is 11.7 Å². The van der Waals surface area contributed by atoms with Crippen LogP contribution < -0.4 is 5.73 Å². The highest BCUT2D eigenvalue weighted by Crippen LogP contribution is 2.28. The first kappa shape index (κ1) is 11.2. The largest absolute Gasteiger partial charge is 0.378 e. The van der Waals surface area contributed by atoms with E-state index in [0.717, 1.165) is 13.0 Å². The molecule has 1 fully saturated rings. The summed E-state index contributed by atoms with van der Waals surface area (Å²) < 4.78 is 5.60. The minimum atomic E-state index is 0.257. The zero-order valence-electron chi connectivity index (χ0n) is 9.74. The normalized spacial score (nSPS) is 34.7. The van der Waals surface area contributed by atoms with Gasteiger partial charge in [0, 0.05) is 12.0 Å². The quantitative estimate of drug-likeness (QED) is 0.710. The summed E-state index contributed by atoms with van der Waals surface area (Å²) in [4.78, 5) is 0. The second-order valence-corrected chi connectivity index (χ2v) is 5.04. The van der Waals surface area contributed by atoms with E-state index in [-0.39, 0.29) is 6.04 Å². The number of hydrogen-bond acceptors (Lipinski definition) is 2. The molecular weight excluding hydrogens is 186 g/mol. The zero-order chi connectivity index (χ0) is 10.7. The first-order valence-electron chi connectivity index (χ1n) is 6.33. The molecule has 1 aliphatic heterocycles. The zero-order valence-corrected chi connectivity index (χ0v) is 9.74. The van der Waals surface area contributed by atoms with E-state index in [1.54, 1.807) is 0 Å². The highest BCUT2D eigenvalue weighted by atomic mass is 16.5. The predicted molar refractivity (Wildman–Crippen MR) is 62.7 cm³/mol. The summed E-state index contributed by atoms with van der Waals surface area (Å²) in [6, 6.07) is 0.257. The standard InChI is InChI=1S/C13H23NO/c1-10-8-12(9-15-10)13(14)11-6-4-2-3-5-7-11/h6,10,12-13H,2-5,7-9,14H2,1H3. The van der Waals surface area contributed by atoms with Crippen molar-refractivity contribution in [3.63, 3.8) is 0 Å². The van der Waals surface area contributed by atoms with Gasteiger partial charge >= 0.3 is 0 Å². The number of nitrogens with two attached hydrogens (primary N) is 1. The van der Waals surface area contributed by atoms with Gasteiger partial charge in [0.25, 0.3) is 0 Å². The highest BCUT2D eigenvalue weighted by Gasteiger charge is 2.29. The van der Waals surface area contributed by atoms with E-state index in [0.29, 0.717) is 12.0 Å².